The Bertz CT molecular complexity index is 422. The van der Waals surface area contributed by atoms with Gasteiger partial charge in [0, 0.05) is 6.07 Å². The second kappa shape index (κ2) is 5.77. The number of hydrogen-bond acceptors (Lipinski definition) is 5. The third-order valence-corrected chi connectivity index (χ3v) is 3.30. The Labute approximate surface area is 106 Å². The summed E-state index contributed by atoms with van der Waals surface area (Å²) < 4.78 is 0. The predicted molar refractivity (Wildman–Crippen MR) is 69.6 cm³/mol. The molecule has 0 spiro atoms. The fourth-order valence-electron chi connectivity index (χ4n) is 1.78. The van der Waals surface area contributed by atoms with Crippen molar-refractivity contribution in [3.8, 4) is 0 Å². The third-order valence-electron chi connectivity index (χ3n) is 3.30. The Morgan fingerprint density at radius 1 is 1.44 bits per heavy atom. The van der Waals surface area contributed by atoms with Crippen LogP contribution < -0.4 is 5.32 Å². The van der Waals surface area contributed by atoms with Crippen LogP contribution in [-0.4, -0.2) is 27.2 Å². The van der Waals surface area contributed by atoms with Crippen molar-refractivity contribution in [2.45, 2.75) is 39.2 Å². The molecule has 2 N–H and O–H groups in total. The SMILES string of the molecule is CCC(CC)(CO)Nc1ccc([N+](=O)[O-])c(C)n1. The Balaban J connectivity index is 2.98. The molecule has 0 saturated carbocycles. The molecule has 0 aliphatic rings. The van der Waals surface area contributed by atoms with Gasteiger partial charge in [-0.1, -0.05) is 13.8 Å². The van der Waals surface area contributed by atoms with E-state index in [9.17, 15) is 15.2 Å². The molecule has 0 aromatic carbocycles. The summed E-state index contributed by atoms with van der Waals surface area (Å²) in [6, 6.07) is 3.00. The van der Waals surface area contributed by atoms with Crippen LogP contribution in [0.2, 0.25) is 0 Å². The van der Waals surface area contributed by atoms with Crippen molar-refractivity contribution in [1.29, 1.82) is 0 Å². The second-order valence-electron chi connectivity index (χ2n) is 4.33. The van der Waals surface area contributed by atoms with Gasteiger partial charge in [-0.2, -0.15) is 0 Å². The van der Waals surface area contributed by atoms with Crippen molar-refractivity contribution in [3.63, 3.8) is 0 Å². The first-order valence-corrected chi connectivity index (χ1v) is 5.99. The van der Waals surface area contributed by atoms with Crippen molar-refractivity contribution in [2.75, 3.05) is 11.9 Å². The Morgan fingerprint density at radius 3 is 2.44 bits per heavy atom. The van der Waals surface area contributed by atoms with Gasteiger partial charge in [-0.3, -0.25) is 10.1 Å². The van der Waals surface area contributed by atoms with E-state index in [0.717, 1.165) is 12.8 Å². The topological polar surface area (TPSA) is 88.3 Å². The molecular weight excluding hydrogens is 234 g/mol. The monoisotopic (exact) mass is 253 g/mol. The lowest BCUT2D eigenvalue weighted by Gasteiger charge is -2.31. The largest absolute Gasteiger partial charge is 0.394 e. The molecule has 0 aliphatic carbocycles. The van der Waals surface area contributed by atoms with Gasteiger partial charge in [0.2, 0.25) is 0 Å². The number of nitrogens with zero attached hydrogens (tertiary/aromatic N) is 2. The molecular formula is C12H19N3O3. The van der Waals surface area contributed by atoms with Gasteiger partial charge in [0.05, 0.1) is 17.1 Å². The van der Waals surface area contributed by atoms with Crippen molar-refractivity contribution >= 4 is 11.5 Å². The summed E-state index contributed by atoms with van der Waals surface area (Å²) in [6.45, 7) is 5.55. The van der Waals surface area contributed by atoms with Gasteiger partial charge in [-0.05, 0) is 25.8 Å². The first-order valence-electron chi connectivity index (χ1n) is 5.99. The average Bonchev–Trinajstić information content (AvgIpc) is 2.36. The smallest absolute Gasteiger partial charge is 0.290 e. The van der Waals surface area contributed by atoms with E-state index in [1.165, 1.54) is 6.07 Å². The number of nitro groups is 1. The molecule has 0 amide bonds. The minimum Gasteiger partial charge on any atom is -0.394 e. The number of aliphatic hydroxyl groups excluding tert-OH is 1. The van der Waals surface area contributed by atoms with Crippen LogP contribution in [0.15, 0.2) is 12.1 Å². The third kappa shape index (κ3) is 2.95. The molecule has 0 aliphatic heterocycles. The van der Waals surface area contributed by atoms with Crippen molar-refractivity contribution in [2.24, 2.45) is 0 Å². The van der Waals surface area contributed by atoms with Crippen LogP contribution in [0.5, 0.6) is 0 Å². The standard InChI is InChI=1S/C12H19N3O3/c1-4-12(5-2,8-16)14-11-7-6-10(15(17)18)9(3)13-11/h6-7,16H,4-5,8H2,1-3H3,(H,13,14). The summed E-state index contributed by atoms with van der Waals surface area (Å²) in [6.07, 6.45) is 1.50. The van der Waals surface area contributed by atoms with Gasteiger partial charge in [0.25, 0.3) is 5.69 Å². The minimum absolute atomic E-state index is 0.00227. The summed E-state index contributed by atoms with van der Waals surface area (Å²) >= 11 is 0. The maximum absolute atomic E-state index is 10.7. The van der Waals surface area contributed by atoms with E-state index < -0.39 is 10.5 Å². The van der Waals surface area contributed by atoms with Gasteiger partial charge in [-0.15, -0.1) is 0 Å². The van der Waals surface area contributed by atoms with Crippen LogP contribution >= 0.6 is 0 Å². The van der Waals surface area contributed by atoms with Crippen LogP contribution in [0.4, 0.5) is 11.5 Å². The molecule has 6 nitrogen and oxygen atoms in total. The molecule has 1 heterocycles. The van der Waals surface area contributed by atoms with Crippen molar-refractivity contribution in [1.82, 2.24) is 4.98 Å². The van der Waals surface area contributed by atoms with Crippen LogP contribution in [0.25, 0.3) is 0 Å². The molecule has 1 rings (SSSR count). The van der Waals surface area contributed by atoms with E-state index in [0.29, 0.717) is 11.5 Å². The van der Waals surface area contributed by atoms with Crippen LogP contribution in [-0.2, 0) is 0 Å². The van der Waals surface area contributed by atoms with E-state index in [1.807, 2.05) is 13.8 Å². The Hall–Kier alpha value is -1.69. The number of anilines is 1. The zero-order valence-corrected chi connectivity index (χ0v) is 10.9. The van der Waals surface area contributed by atoms with E-state index in [-0.39, 0.29) is 12.3 Å². The molecule has 100 valence electrons. The zero-order valence-electron chi connectivity index (χ0n) is 10.9. The van der Waals surface area contributed by atoms with Gasteiger partial charge < -0.3 is 10.4 Å². The number of aromatic nitrogens is 1. The predicted octanol–water partition coefficient (Wildman–Crippen LogP) is 2.26. The molecule has 0 saturated heterocycles. The lowest BCUT2D eigenvalue weighted by Crippen LogP contribution is -2.41. The lowest BCUT2D eigenvalue weighted by atomic mass is 9.94. The first kappa shape index (κ1) is 14.4. The molecule has 1 aromatic heterocycles. The van der Waals surface area contributed by atoms with E-state index in [2.05, 4.69) is 10.3 Å². The summed E-state index contributed by atoms with van der Waals surface area (Å²) in [5.41, 5.74) is -0.0533. The number of nitrogens with one attached hydrogen (secondary N) is 1. The minimum atomic E-state index is -0.453. The molecule has 0 bridgehead atoms. The normalized spacial score (nSPS) is 11.3. The van der Waals surface area contributed by atoms with E-state index >= 15 is 0 Å². The summed E-state index contributed by atoms with van der Waals surface area (Å²) in [7, 11) is 0. The number of aliphatic hydroxyl groups is 1. The molecule has 6 heteroatoms. The number of hydrogen-bond donors (Lipinski definition) is 2. The van der Waals surface area contributed by atoms with Gasteiger partial charge in [0.15, 0.2) is 0 Å². The second-order valence-corrected chi connectivity index (χ2v) is 4.33. The van der Waals surface area contributed by atoms with Gasteiger partial charge in [-0.25, -0.2) is 4.98 Å². The highest BCUT2D eigenvalue weighted by Crippen LogP contribution is 2.23. The molecule has 0 radical (unpaired) electrons. The molecule has 18 heavy (non-hydrogen) atoms. The number of rotatable bonds is 6. The Kier molecular flexibility index (Phi) is 4.61. The highest BCUT2D eigenvalue weighted by Gasteiger charge is 2.25. The highest BCUT2D eigenvalue weighted by atomic mass is 16.6. The van der Waals surface area contributed by atoms with E-state index in [4.69, 9.17) is 0 Å². The highest BCUT2D eigenvalue weighted by molar-refractivity contribution is 5.46. The van der Waals surface area contributed by atoms with Gasteiger partial charge >= 0.3 is 0 Å². The first-order chi connectivity index (χ1) is 8.48. The fraction of sp³-hybridized carbons (Fsp3) is 0.583. The van der Waals surface area contributed by atoms with Crippen LogP contribution in [0.1, 0.15) is 32.4 Å². The number of aryl methyl sites for hydroxylation is 1. The molecule has 1 aromatic rings. The zero-order chi connectivity index (χ0) is 13.8. The maximum Gasteiger partial charge on any atom is 0.290 e. The maximum atomic E-state index is 10.7. The van der Waals surface area contributed by atoms with Gasteiger partial charge in [0.1, 0.15) is 11.5 Å². The van der Waals surface area contributed by atoms with Crippen molar-refractivity contribution < 1.29 is 10.0 Å². The lowest BCUT2D eigenvalue weighted by molar-refractivity contribution is -0.385. The summed E-state index contributed by atoms with van der Waals surface area (Å²) in [5.74, 6) is 0.552. The van der Waals surface area contributed by atoms with Crippen LogP contribution in [0, 0.1) is 17.0 Å². The molecule has 0 atom stereocenters. The average molecular weight is 253 g/mol. The van der Waals surface area contributed by atoms with Crippen molar-refractivity contribution in [3.05, 3.63) is 27.9 Å². The Morgan fingerprint density at radius 2 is 2.06 bits per heavy atom. The summed E-state index contributed by atoms with van der Waals surface area (Å²) in [5, 5.41) is 23.3. The number of pyridine rings is 1. The fourth-order valence-corrected chi connectivity index (χ4v) is 1.78. The van der Waals surface area contributed by atoms with E-state index in [1.54, 1.807) is 13.0 Å². The quantitative estimate of drug-likeness (QED) is 0.599. The van der Waals surface area contributed by atoms with Crippen LogP contribution in [0.3, 0.4) is 0 Å². The molecule has 0 unspecified atom stereocenters. The molecule has 0 fully saturated rings. The summed E-state index contributed by atoms with van der Waals surface area (Å²) in [4.78, 5) is 14.4.